The predicted molar refractivity (Wildman–Crippen MR) is 73.7 cm³/mol. The summed E-state index contributed by atoms with van der Waals surface area (Å²) in [6.45, 7) is 2.49. The van der Waals surface area contributed by atoms with Gasteiger partial charge in [-0.05, 0) is 18.4 Å². The number of nitro benzene ring substituents is 2. The summed E-state index contributed by atoms with van der Waals surface area (Å²) in [4.78, 5) is 20.2. The largest absolute Gasteiger partial charge is 0.396 e. The van der Waals surface area contributed by atoms with Crippen LogP contribution in [0.25, 0.3) is 0 Å². The van der Waals surface area contributed by atoms with Crippen LogP contribution in [0.3, 0.4) is 0 Å². The second kappa shape index (κ2) is 7.39. The summed E-state index contributed by atoms with van der Waals surface area (Å²) in [6, 6.07) is 3.50. The van der Waals surface area contributed by atoms with E-state index in [9.17, 15) is 20.2 Å². The summed E-state index contributed by atoms with van der Waals surface area (Å²) >= 11 is 0. The smallest absolute Gasteiger partial charge is 0.299 e. The molecule has 8 heteroatoms. The van der Waals surface area contributed by atoms with Crippen LogP contribution in [-0.4, -0.2) is 28.1 Å². The lowest BCUT2D eigenvalue weighted by molar-refractivity contribution is -0.393. The van der Waals surface area contributed by atoms with Crippen molar-refractivity contribution in [2.75, 3.05) is 18.5 Å². The van der Waals surface area contributed by atoms with Gasteiger partial charge >= 0.3 is 0 Å². The van der Waals surface area contributed by atoms with Crippen LogP contribution in [0, 0.1) is 26.1 Å². The molecule has 1 unspecified atom stereocenters. The van der Waals surface area contributed by atoms with E-state index >= 15 is 0 Å². The van der Waals surface area contributed by atoms with Crippen molar-refractivity contribution in [2.45, 2.75) is 19.8 Å². The van der Waals surface area contributed by atoms with Gasteiger partial charge in [0.2, 0.25) is 0 Å². The van der Waals surface area contributed by atoms with Gasteiger partial charge < -0.3 is 10.4 Å². The number of rotatable bonds is 8. The van der Waals surface area contributed by atoms with E-state index in [1.54, 1.807) is 0 Å². The van der Waals surface area contributed by atoms with Gasteiger partial charge in [-0.1, -0.05) is 13.3 Å². The van der Waals surface area contributed by atoms with Crippen molar-refractivity contribution >= 4 is 17.1 Å². The average molecular weight is 283 g/mol. The summed E-state index contributed by atoms with van der Waals surface area (Å²) in [5, 5.41) is 33.4. The number of hydrogen-bond acceptors (Lipinski definition) is 6. The third-order valence-corrected chi connectivity index (χ3v) is 3.08. The Bertz CT molecular complexity index is 492. The predicted octanol–water partition coefficient (Wildman–Crippen LogP) is 2.32. The lowest BCUT2D eigenvalue weighted by Gasteiger charge is -2.15. The first kappa shape index (κ1) is 15.8. The molecule has 1 atom stereocenters. The van der Waals surface area contributed by atoms with Crippen molar-refractivity contribution in [3.05, 3.63) is 38.4 Å². The molecule has 0 aliphatic rings. The number of nitrogens with zero attached hydrogens (tertiary/aromatic N) is 2. The minimum Gasteiger partial charge on any atom is -0.396 e. The number of aliphatic hydroxyl groups is 1. The van der Waals surface area contributed by atoms with Crippen LogP contribution in [0.15, 0.2) is 18.2 Å². The molecule has 110 valence electrons. The molecule has 8 nitrogen and oxygen atoms in total. The summed E-state index contributed by atoms with van der Waals surface area (Å²) < 4.78 is 0. The van der Waals surface area contributed by atoms with E-state index in [1.165, 1.54) is 12.1 Å². The summed E-state index contributed by atoms with van der Waals surface area (Å²) in [5.74, 6) is 0.190. The van der Waals surface area contributed by atoms with Gasteiger partial charge in [-0.15, -0.1) is 0 Å². The summed E-state index contributed by atoms with van der Waals surface area (Å²) in [7, 11) is 0. The minimum atomic E-state index is -0.669. The Kier molecular flexibility index (Phi) is 5.85. The van der Waals surface area contributed by atoms with Gasteiger partial charge in [-0.25, -0.2) is 0 Å². The third kappa shape index (κ3) is 4.16. The molecule has 0 bridgehead atoms. The molecule has 0 saturated heterocycles. The molecule has 0 fully saturated rings. The maximum Gasteiger partial charge on any atom is 0.299 e. The third-order valence-electron chi connectivity index (χ3n) is 3.08. The van der Waals surface area contributed by atoms with Crippen molar-refractivity contribution in [3.8, 4) is 0 Å². The highest BCUT2D eigenvalue weighted by Gasteiger charge is 2.19. The first-order valence-electron chi connectivity index (χ1n) is 6.27. The zero-order valence-electron chi connectivity index (χ0n) is 11.1. The van der Waals surface area contributed by atoms with Gasteiger partial charge in [0.05, 0.1) is 15.9 Å². The van der Waals surface area contributed by atoms with E-state index in [-0.39, 0.29) is 29.6 Å². The molecule has 1 aromatic carbocycles. The van der Waals surface area contributed by atoms with E-state index < -0.39 is 9.85 Å². The Balaban J connectivity index is 2.89. The topological polar surface area (TPSA) is 119 Å². The quantitative estimate of drug-likeness (QED) is 0.558. The number of nitro groups is 2. The second-order valence-corrected chi connectivity index (χ2v) is 4.38. The lowest BCUT2D eigenvalue weighted by atomic mass is 10.0. The van der Waals surface area contributed by atoms with Crippen molar-refractivity contribution in [1.82, 2.24) is 0 Å². The van der Waals surface area contributed by atoms with Crippen LogP contribution in [0.4, 0.5) is 17.1 Å². The molecule has 1 aromatic rings. The van der Waals surface area contributed by atoms with E-state index in [0.29, 0.717) is 13.0 Å². The van der Waals surface area contributed by atoms with Gasteiger partial charge in [0.25, 0.3) is 11.4 Å². The minimum absolute atomic E-state index is 0.0581. The molecule has 0 spiro atoms. The van der Waals surface area contributed by atoms with Crippen LogP contribution < -0.4 is 5.32 Å². The maximum atomic E-state index is 10.9. The van der Waals surface area contributed by atoms with Crippen LogP contribution in [0.1, 0.15) is 19.8 Å². The Morgan fingerprint density at radius 1 is 1.30 bits per heavy atom. The number of aliphatic hydroxyl groups excluding tert-OH is 1. The van der Waals surface area contributed by atoms with Crippen molar-refractivity contribution in [1.29, 1.82) is 0 Å². The first-order chi connectivity index (χ1) is 9.49. The van der Waals surface area contributed by atoms with E-state index in [4.69, 9.17) is 5.11 Å². The van der Waals surface area contributed by atoms with E-state index in [2.05, 4.69) is 5.32 Å². The normalized spacial score (nSPS) is 11.9. The molecule has 0 radical (unpaired) electrons. The molecular weight excluding hydrogens is 266 g/mol. The zero-order chi connectivity index (χ0) is 15.1. The Hall–Kier alpha value is -2.22. The fraction of sp³-hybridized carbons (Fsp3) is 0.500. The van der Waals surface area contributed by atoms with E-state index in [0.717, 1.165) is 12.5 Å². The first-order valence-corrected chi connectivity index (χ1v) is 6.27. The Morgan fingerprint density at radius 3 is 2.50 bits per heavy atom. The highest BCUT2D eigenvalue weighted by Crippen LogP contribution is 2.29. The van der Waals surface area contributed by atoms with Gasteiger partial charge in [-0.2, -0.15) is 0 Å². The van der Waals surface area contributed by atoms with Crippen molar-refractivity contribution in [3.63, 3.8) is 0 Å². The average Bonchev–Trinajstić information content (AvgIpc) is 2.42. The van der Waals surface area contributed by atoms with Crippen LogP contribution in [0.5, 0.6) is 0 Å². The zero-order valence-corrected chi connectivity index (χ0v) is 11.1. The molecule has 0 saturated carbocycles. The fourth-order valence-corrected chi connectivity index (χ4v) is 1.82. The highest BCUT2D eigenvalue weighted by molar-refractivity contribution is 5.65. The van der Waals surface area contributed by atoms with Gasteiger partial charge in [0.1, 0.15) is 5.69 Å². The van der Waals surface area contributed by atoms with Crippen molar-refractivity contribution in [2.24, 2.45) is 5.92 Å². The van der Waals surface area contributed by atoms with Crippen molar-refractivity contribution < 1.29 is 15.0 Å². The van der Waals surface area contributed by atoms with Crippen LogP contribution in [0.2, 0.25) is 0 Å². The van der Waals surface area contributed by atoms with Crippen LogP contribution >= 0.6 is 0 Å². The molecular formula is C12H17N3O5. The number of non-ortho nitro benzene ring substituents is 1. The maximum absolute atomic E-state index is 10.9. The van der Waals surface area contributed by atoms with Gasteiger partial charge in [0, 0.05) is 19.2 Å². The van der Waals surface area contributed by atoms with Gasteiger partial charge in [0.15, 0.2) is 0 Å². The molecule has 0 aromatic heterocycles. The Morgan fingerprint density at radius 2 is 2.00 bits per heavy atom. The number of anilines is 1. The summed E-state index contributed by atoms with van der Waals surface area (Å²) in [5.41, 5.74) is -0.389. The van der Waals surface area contributed by atoms with Gasteiger partial charge in [-0.3, -0.25) is 20.2 Å². The molecule has 1 rings (SSSR count). The van der Waals surface area contributed by atoms with E-state index in [1.807, 2.05) is 6.92 Å². The standard InChI is InChI=1S/C12H17N3O5/c1-2-9(5-6-16)8-13-11-4-3-10(14(17)18)7-12(11)15(19)20/h3-4,7,9,13,16H,2,5-6,8H2,1H3. The fourth-order valence-electron chi connectivity index (χ4n) is 1.82. The van der Waals surface area contributed by atoms with Crippen LogP contribution in [-0.2, 0) is 0 Å². The molecule has 0 aliphatic carbocycles. The highest BCUT2D eigenvalue weighted by atomic mass is 16.6. The number of hydrogen-bond donors (Lipinski definition) is 2. The monoisotopic (exact) mass is 283 g/mol. The Labute approximate surface area is 115 Å². The number of benzene rings is 1. The molecule has 0 heterocycles. The summed E-state index contributed by atoms with van der Waals surface area (Å²) in [6.07, 6.45) is 1.43. The molecule has 20 heavy (non-hydrogen) atoms. The molecule has 2 N–H and O–H groups in total. The molecule has 0 amide bonds. The SMILES string of the molecule is CCC(CCO)CNc1ccc([N+](=O)[O-])cc1[N+](=O)[O-]. The number of nitrogens with one attached hydrogen (secondary N) is 1. The second-order valence-electron chi connectivity index (χ2n) is 4.38. The molecule has 0 aliphatic heterocycles. The lowest BCUT2D eigenvalue weighted by Crippen LogP contribution is -2.15.